The molecule has 1 fully saturated rings. The lowest BCUT2D eigenvalue weighted by molar-refractivity contribution is 0.641. The fourth-order valence-corrected chi connectivity index (χ4v) is 2.45. The fourth-order valence-electron chi connectivity index (χ4n) is 1.45. The van der Waals surface area contributed by atoms with Gasteiger partial charge in [-0.2, -0.15) is 0 Å². The van der Waals surface area contributed by atoms with Crippen LogP contribution in [0.25, 0.3) is 0 Å². The summed E-state index contributed by atoms with van der Waals surface area (Å²) >= 11 is 4.56. The van der Waals surface area contributed by atoms with Gasteiger partial charge in [0.05, 0.1) is 4.47 Å². The van der Waals surface area contributed by atoms with E-state index in [0.717, 1.165) is 17.3 Å². The first-order valence-electron chi connectivity index (χ1n) is 5.06. The highest BCUT2D eigenvalue weighted by Gasteiger charge is 2.28. The summed E-state index contributed by atoms with van der Waals surface area (Å²) < 4.78 is 2.50. The summed E-state index contributed by atoms with van der Waals surface area (Å²) in [5.41, 5.74) is -0.160. The van der Waals surface area contributed by atoms with E-state index in [1.165, 1.54) is 11.8 Å². The van der Waals surface area contributed by atoms with Crippen molar-refractivity contribution in [2.24, 2.45) is 0 Å². The van der Waals surface area contributed by atoms with Gasteiger partial charge in [-0.25, -0.2) is 19.9 Å². The number of aromatic amines is 1. The van der Waals surface area contributed by atoms with Crippen LogP contribution >= 0.6 is 27.7 Å². The Hall–Kier alpha value is -1.15. The average Bonchev–Trinajstić information content (AvgIpc) is 3.08. The van der Waals surface area contributed by atoms with Crippen molar-refractivity contribution >= 4 is 27.7 Å². The third-order valence-corrected chi connectivity index (χ3v) is 3.64. The Morgan fingerprint density at radius 2 is 2.12 bits per heavy atom. The first-order chi connectivity index (χ1) is 8.24. The first-order valence-corrected chi connectivity index (χ1v) is 6.67. The Morgan fingerprint density at radius 1 is 1.41 bits per heavy atom. The zero-order chi connectivity index (χ0) is 11.8. The van der Waals surface area contributed by atoms with Crippen LogP contribution in [0.1, 0.15) is 18.9 Å². The standard InChI is InChI=1S/C9H8BrN5OS/c10-5-3-11-7(12-4-5)17-9-14-13-8(16)15(9)6-1-2-6/h3-4,6H,1-2H2,(H,13,16). The molecule has 0 aromatic carbocycles. The van der Waals surface area contributed by atoms with Gasteiger partial charge in [-0.05, 0) is 40.5 Å². The second kappa shape index (κ2) is 4.26. The highest BCUT2D eigenvalue weighted by atomic mass is 79.9. The maximum atomic E-state index is 11.5. The molecule has 0 unspecified atom stereocenters. The molecule has 8 heteroatoms. The molecule has 2 heterocycles. The monoisotopic (exact) mass is 313 g/mol. The van der Waals surface area contributed by atoms with E-state index in [0.29, 0.717) is 16.4 Å². The molecule has 1 N–H and O–H groups in total. The molecule has 1 aliphatic carbocycles. The molecule has 1 aliphatic rings. The lowest BCUT2D eigenvalue weighted by Crippen LogP contribution is -2.16. The first kappa shape index (κ1) is 11.0. The van der Waals surface area contributed by atoms with Crippen LogP contribution in [0.15, 0.2) is 32.0 Å². The van der Waals surface area contributed by atoms with Crippen LogP contribution in [0.3, 0.4) is 0 Å². The van der Waals surface area contributed by atoms with E-state index in [-0.39, 0.29) is 5.69 Å². The summed E-state index contributed by atoms with van der Waals surface area (Å²) in [4.78, 5) is 19.8. The molecule has 1 saturated carbocycles. The zero-order valence-electron chi connectivity index (χ0n) is 8.63. The number of hydrogen-bond donors (Lipinski definition) is 1. The molecule has 0 saturated heterocycles. The van der Waals surface area contributed by atoms with Crippen molar-refractivity contribution in [1.29, 1.82) is 0 Å². The molecule has 6 nitrogen and oxygen atoms in total. The molecule has 0 aliphatic heterocycles. The van der Waals surface area contributed by atoms with Crippen molar-refractivity contribution in [3.05, 3.63) is 27.4 Å². The minimum atomic E-state index is -0.160. The summed E-state index contributed by atoms with van der Waals surface area (Å²) in [6, 6.07) is 0.291. The summed E-state index contributed by atoms with van der Waals surface area (Å²) in [6.45, 7) is 0. The van der Waals surface area contributed by atoms with E-state index in [1.807, 2.05) is 0 Å². The van der Waals surface area contributed by atoms with Crippen molar-refractivity contribution in [2.45, 2.75) is 29.2 Å². The maximum Gasteiger partial charge on any atom is 0.344 e. The summed E-state index contributed by atoms with van der Waals surface area (Å²) in [6.07, 6.45) is 5.41. The van der Waals surface area contributed by atoms with E-state index in [4.69, 9.17) is 0 Å². The molecule has 0 spiro atoms. The highest BCUT2D eigenvalue weighted by Crippen LogP contribution is 2.36. The van der Waals surface area contributed by atoms with Crippen LogP contribution in [-0.2, 0) is 0 Å². The lowest BCUT2D eigenvalue weighted by Gasteiger charge is -2.01. The molecular formula is C9H8BrN5OS. The SMILES string of the molecule is O=c1[nH]nc(Sc2ncc(Br)cn2)n1C1CC1. The molecule has 0 atom stereocenters. The molecule has 17 heavy (non-hydrogen) atoms. The second-order valence-corrected chi connectivity index (χ2v) is 5.55. The Morgan fingerprint density at radius 3 is 2.76 bits per heavy atom. The molecule has 0 amide bonds. The van der Waals surface area contributed by atoms with E-state index < -0.39 is 0 Å². The van der Waals surface area contributed by atoms with E-state index in [2.05, 4.69) is 36.1 Å². The van der Waals surface area contributed by atoms with Gasteiger partial charge in [-0.3, -0.25) is 4.57 Å². The van der Waals surface area contributed by atoms with E-state index >= 15 is 0 Å². The number of nitrogens with one attached hydrogen (secondary N) is 1. The average molecular weight is 314 g/mol. The Balaban J connectivity index is 1.90. The van der Waals surface area contributed by atoms with Crippen molar-refractivity contribution in [3.63, 3.8) is 0 Å². The van der Waals surface area contributed by atoms with Crippen molar-refractivity contribution < 1.29 is 0 Å². The van der Waals surface area contributed by atoms with Gasteiger partial charge in [0.15, 0.2) is 10.3 Å². The van der Waals surface area contributed by atoms with Gasteiger partial charge in [-0.1, -0.05) is 0 Å². The second-order valence-electron chi connectivity index (χ2n) is 3.70. The smallest absolute Gasteiger partial charge is 0.267 e. The topological polar surface area (TPSA) is 76.5 Å². The number of rotatable bonds is 3. The van der Waals surface area contributed by atoms with Crippen LogP contribution in [0.2, 0.25) is 0 Å². The third kappa shape index (κ3) is 2.27. The molecule has 0 bridgehead atoms. The Bertz CT molecular complexity index is 588. The number of hydrogen-bond acceptors (Lipinski definition) is 5. The number of aromatic nitrogens is 5. The van der Waals surface area contributed by atoms with Gasteiger partial charge in [0.1, 0.15) is 0 Å². The maximum absolute atomic E-state index is 11.5. The number of H-pyrrole nitrogens is 1. The van der Waals surface area contributed by atoms with E-state index in [9.17, 15) is 4.79 Å². The summed E-state index contributed by atoms with van der Waals surface area (Å²) in [7, 11) is 0. The number of halogens is 1. The molecule has 3 rings (SSSR count). The number of nitrogens with zero attached hydrogens (tertiary/aromatic N) is 4. The minimum absolute atomic E-state index is 0.160. The largest absolute Gasteiger partial charge is 0.344 e. The summed E-state index contributed by atoms with van der Waals surface area (Å²) in [5.74, 6) is 0. The molecular weight excluding hydrogens is 306 g/mol. The Kier molecular flexibility index (Phi) is 2.75. The van der Waals surface area contributed by atoms with Crippen LogP contribution in [0.5, 0.6) is 0 Å². The van der Waals surface area contributed by atoms with Crippen molar-refractivity contribution in [1.82, 2.24) is 24.7 Å². The predicted molar refractivity (Wildman–Crippen MR) is 65.0 cm³/mol. The fraction of sp³-hybridized carbons (Fsp3) is 0.333. The van der Waals surface area contributed by atoms with Crippen LogP contribution < -0.4 is 5.69 Å². The van der Waals surface area contributed by atoms with Gasteiger partial charge in [0.2, 0.25) is 0 Å². The molecule has 0 radical (unpaired) electrons. The van der Waals surface area contributed by atoms with Crippen LogP contribution in [0.4, 0.5) is 0 Å². The van der Waals surface area contributed by atoms with Gasteiger partial charge in [0, 0.05) is 18.4 Å². The molecule has 2 aromatic rings. The molecule has 2 aromatic heterocycles. The highest BCUT2D eigenvalue weighted by molar-refractivity contribution is 9.10. The van der Waals surface area contributed by atoms with E-state index in [1.54, 1.807) is 17.0 Å². The zero-order valence-corrected chi connectivity index (χ0v) is 11.0. The van der Waals surface area contributed by atoms with Gasteiger partial charge >= 0.3 is 5.69 Å². The normalized spacial score (nSPS) is 15.1. The predicted octanol–water partition coefficient (Wildman–Crippen LogP) is 1.61. The van der Waals surface area contributed by atoms with Crippen LogP contribution in [0, 0.1) is 0 Å². The van der Waals surface area contributed by atoms with Crippen molar-refractivity contribution in [3.8, 4) is 0 Å². The van der Waals surface area contributed by atoms with Crippen LogP contribution in [-0.4, -0.2) is 24.7 Å². The Labute approximate surface area is 109 Å². The summed E-state index contributed by atoms with van der Waals surface area (Å²) in [5, 5.41) is 7.66. The van der Waals surface area contributed by atoms with Gasteiger partial charge in [-0.15, -0.1) is 5.10 Å². The van der Waals surface area contributed by atoms with Crippen molar-refractivity contribution in [2.75, 3.05) is 0 Å². The van der Waals surface area contributed by atoms with Gasteiger partial charge < -0.3 is 0 Å². The quantitative estimate of drug-likeness (QED) is 0.871. The molecule has 88 valence electrons. The minimum Gasteiger partial charge on any atom is -0.267 e. The lowest BCUT2D eigenvalue weighted by atomic mass is 10.7. The van der Waals surface area contributed by atoms with Gasteiger partial charge in [0.25, 0.3) is 0 Å². The third-order valence-electron chi connectivity index (χ3n) is 2.36.